The van der Waals surface area contributed by atoms with Gasteiger partial charge in [-0.2, -0.15) is 0 Å². The van der Waals surface area contributed by atoms with E-state index < -0.39 is 0 Å². The molecule has 2 amide bonds. The molecule has 2 aromatic carbocycles. The van der Waals surface area contributed by atoms with Crippen molar-refractivity contribution in [3.63, 3.8) is 0 Å². The van der Waals surface area contributed by atoms with Crippen LogP contribution in [0.15, 0.2) is 67.0 Å². The third-order valence-electron chi connectivity index (χ3n) is 5.55. The Kier molecular flexibility index (Phi) is 7.65. The molecule has 0 atom stereocenters. The number of nitrogens with zero attached hydrogens (tertiary/aromatic N) is 3. The molecule has 0 unspecified atom stereocenters. The summed E-state index contributed by atoms with van der Waals surface area (Å²) in [6, 6.07) is 15.8. The average Bonchev–Trinajstić information content (AvgIpc) is 2.88. The molecule has 7 nitrogen and oxygen atoms in total. The fourth-order valence-electron chi connectivity index (χ4n) is 3.74. The average molecular weight is 480 g/mol. The van der Waals surface area contributed by atoms with Crippen molar-refractivity contribution in [3.05, 3.63) is 88.7 Å². The van der Waals surface area contributed by atoms with Crippen LogP contribution >= 0.6 is 11.6 Å². The van der Waals surface area contributed by atoms with Gasteiger partial charge in [0.25, 0.3) is 11.8 Å². The molecule has 8 heteroatoms. The van der Waals surface area contributed by atoms with Crippen LogP contribution in [0.2, 0.25) is 5.02 Å². The Hall–Kier alpha value is -3.58. The molecule has 1 saturated heterocycles. The number of halogens is 1. The minimum Gasteiger partial charge on any atom is -0.490 e. The van der Waals surface area contributed by atoms with E-state index in [1.54, 1.807) is 64.7 Å². The van der Waals surface area contributed by atoms with Crippen molar-refractivity contribution in [1.29, 1.82) is 0 Å². The van der Waals surface area contributed by atoms with Gasteiger partial charge in [-0.1, -0.05) is 17.7 Å². The minimum absolute atomic E-state index is 0.0579. The Morgan fingerprint density at radius 1 is 0.882 bits per heavy atom. The summed E-state index contributed by atoms with van der Waals surface area (Å²) in [6.45, 7) is 4.55. The number of hydrogen-bond donors (Lipinski definition) is 0. The summed E-state index contributed by atoms with van der Waals surface area (Å²) in [4.78, 5) is 33.5. The second-order valence-corrected chi connectivity index (χ2v) is 8.27. The molecule has 1 aliphatic heterocycles. The number of carbonyl (C=O) groups is 2. The van der Waals surface area contributed by atoms with Gasteiger partial charge in [0.05, 0.1) is 6.61 Å². The SMILES string of the molecule is CCOc1cc(C(=O)N2CCN(C(=O)c3ccc(Cl)cc3)CC2)ccc1OCc1cccnc1. The standard InChI is InChI=1S/C26H26ClN3O4/c1-2-33-24-16-21(7-10-23(24)34-18-19-4-3-11-28-17-19)26(32)30-14-12-29(13-15-30)25(31)20-5-8-22(27)9-6-20/h3-11,16-17H,2,12-15,18H2,1H3. The molecule has 0 radical (unpaired) electrons. The zero-order valence-corrected chi connectivity index (χ0v) is 19.7. The normalized spacial score (nSPS) is 13.5. The fraction of sp³-hybridized carbons (Fsp3) is 0.269. The van der Waals surface area contributed by atoms with E-state index >= 15 is 0 Å². The lowest BCUT2D eigenvalue weighted by atomic mass is 10.1. The summed E-state index contributed by atoms with van der Waals surface area (Å²) in [5.74, 6) is 0.935. The molecular weight excluding hydrogens is 454 g/mol. The Labute approximate surface area is 203 Å². The highest BCUT2D eigenvalue weighted by Crippen LogP contribution is 2.30. The van der Waals surface area contributed by atoms with Crippen LogP contribution in [0.1, 0.15) is 33.2 Å². The predicted molar refractivity (Wildman–Crippen MR) is 129 cm³/mol. The lowest BCUT2D eigenvalue weighted by Crippen LogP contribution is -2.50. The van der Waals surface area contributed by atoms with Gasteiger partial charge >= 0.3 is 0 Å². The molecule has 0 bridgehead atoms. The molecule has 2 heterocycles. The van der Waals surface area contributed by atoms with E-state index in [-0.39, 0.29) is 11.8 Å². The maximum Gasteiger partial charge on any atom is 0.254 e. The first-order chi connectivity index (χ1) is 16.5. The van der Waals surface area contributed by atoms with Crippen LogP contribution in [0, 0.1) is 0 Å². The highest BCUT2D eigenvalue weighted by atomic mass is 35.5. The lowest BCUT2D eigenvalue weighted by molar-refractivity contribution is 0.0535. The number of rotatable bonds is 7. The lowest BCUT2D eigenvalue weighted by Gasteiger charge is -2.35. The van der Waals surface area contributed by atoms with E-state index in [9.17, 15) is 9.59 Å². The second-order valence-electron chi connectivity index (χ2n) is 7.84. The van der Waals surface area contributed by atoms with Crippen LogP contribution in [0.5, 0.6) is 11.5 Å². The third-order valence-corrected chi connectivity index (χ3v) is 5.80. The molecule has 0 saturated carbocycles. The van der Waals surface area contributed by atoms with Crippen LogP contribution < -0.4 is 9.47 Å². The highest BCUT2D eigenvalue weighted by Gasteiger charge is 2.26. The Morgan fingerprint density at radius 2 is 1.53 bits per heavy atom. The van der Waals surface area contributed by atoms with Crippen LogP contribution in [0.3, 0.4) is 0 Å². The van der Waals surface area contributed by atoms with E-state index in [1.165, 1.54) is 0 Å². The molecule has 0 aliphatic carbocycles. The molecule has 34 heavy (non-hydrogen) atoms. The van der Waals surface area contributed by atoms with E-state index in [0.29, 0.717) is 67.0 Å². The number of hydrogen-bond acceptors (Lipinski definition) is 5. The first-order valence-electron chi connectivity index (χ1n) is 11.2. The van der Waals surface area contributed by atoms with Crippen molar-refractivity contribution in [1.82, 2.24) is 14.8 Å². The van der Waals surface area contributed by atoms with E-state index in [4.69, 9.17) is 21.1 Å². The molecule has 0 spiro atoms. The molecule has 1 aliphatic rings. The molecule has 3 aromatic rings. The number of benzene rings is 2. The first-order valence-corrected chi connectivity index (χ1v) is 11.6. The Morgan fingerprint density at radius 3 is 2.15 bits per heavy atom. The van der Waals surface area contributed by atoms with Crippen LogP contribution in [0.25, 0.3) is 0 Å². The Balaban J connectivity index is 1.39. The highest BCUT2D eigenvalue weighted by molar-refractivity contribution is 6.30. The molecular formula is C26H26ClN3O4. The zero-order chi connectivity index (χ0) is 23.9. The number of amides is 2. The van der Waals surface area contributed by atoms with Gasteiger partial charge in [0.15, 0.2) is 11.5 Å². The first kappa shape index (κ1) is 23.6. The van der Waals surface area contributed by atoms with E-state index in [0.717, 1.165) is 5.56 Å². The minimum atomic E-state index is -0.0987. The third kappa shape index (κ3) is 5.66. The van der Waals surface area contributed by atoms with Gasteiger partial charge in [0.2, 0.25) is 0 Å². The summed E-state index contributed by atoms with van der Waals surface area (Å²) in [6.07, 6.45) is 3.46. The fourth-order valence-corrected chi connectivity index (χ4v) is 3.87. The van der Waals surface area contributed by atoms with Crippen LogP contribution in [0.4, 0.5) is 0 Å². The molecule has 0 N–H and O–H groups in total. The Bertz CT molecular complexity index is 1130. The zero-order valence-electron chi connectivity index (χ0n) is 18.9. The number of ether oxygens (including phenoxy) is 2. The monoisotopic (exact) mass is 479 g/mol. The van der Waals surface area contributed by atoms with Crippen LogP contribution in [-0.2, 0) is 6.61 Å². The van der Waals surface area contributed by atoms with Gasteiger partial charge in [0.1, 0.15) is 6.61 Å². The molecule has 1 aromatic heterocycles. The summed E-state index contributed by atoms with van der Waals surface area (Å²) in [5.41, 5.74) is 2.05. The maximum atomic E-state index is 13.1. The largest absolute Gasteiger partial charge is 0.490 e. The molecule has 1 fully saturated rings. The smallest absolute Gasteiger partial charge is 0.254 e. The molecule has 176 valence electrons. The number of pyridine rings is 1. The summed E-state index contributed by atoms with van der Waals surface area (Å²) in [5, 5.41) is 0.590. The van der Waals surface area contributed by atoms with Gasteiger partial charge in [-0.15, -0.1) is 0 Å². The summed E-state index contributed by atoms with van der Waals surface area (Å²) >= 11 is 5.91. The van der Waals surface area contributed by atoms with Crippen molar-refractivity contribution in [3.8, 4) is 11.5 Å². The van der Waals surface area contributed by atoms with Gasteiger partial charge in [-0.3, -0.25) is 14.6 Å². The quantitative estimate of drug-likeness (QED) is 0.505. The van der Waals surface area contributed by atoms with Crippen molar-refractivity contribution >= 4 is 23.4 Å². The maximum absolute atomic E-state index is 13.1. The second kappa shape index (κ2) is 11.0. The predicted octanol–water partition coefficient (Wildman–Crippen LogP) is 4.31. The van der Waals surface area contributed by atoms with Crippen molar-refractivity contribution in [2.75, 3.05) is 32.8 Å². The van der Waals surface area contributed by atoms with Crippen molar-refractivity contribution < 1.29 is 19.1 Å². The van der Waals surface area contributed by atoms with Gasteiger partial charge in [0, 0.05) is 60.3 Å². The van der Waals surface area contributed by atoms with Crippen molar-refractivity contribution in [2.45, 2.75) is 13.5 Å². The number of carbonyl (C=O) groups excluding carboxylic acids is 2. The van der Waals surface area contributed by atoms with Gasteiger partial charge < -0.3 is 19.3 Å². The van der Waals surface area contributed by atoms with Crippen LogP contribution in [-0.4, -0.2) is 59.4 Å². The van der Waals surface area contributed by atoms with E-state index in [2.05, 4.69) is 4.98 Å². The van der Waals surface area contributed by atoms with Gasteiger partial charge in [-0.05, 0) is 55.5 Å². The molecule has 4 rings (SSSR count). The number of aromatic nitrogens is 1. The topological polar surface area (TPSA) is 72.0 Å². The summed E-state index contributed by atoms with van der Waals surface area (Å²) < 4.78 is 11.6. The number of piperazine rings is 1. The van der Waals surface area contributed by atoms with Crippen molar-refractivity contribution in [2.24, 2.45) is 0 Å². The van der Waals surface area contributed by atoms with Gasteiger partial charge in [-0.25, -0.2) is 0 Å². The summed E-state index contributed by atoms with van der Waals surface area (Å²) in [7, 11) is 0. The van der Waals surface area contributed by atoms with E-state index in [1.807, 2.05) is 19.1 Å².